The number of hydrogen-bond donors (Lipinski definition) is 0. The second-order valence-corrected chi connectivity index (χ2v) is 10.8. The Morgan fingerprint density at radius 1 is 0.976 bits per heavy atom. The van der Waals surface area contributed by atoms with Crippen LogP contribution in [0.1, 0.15) is 46.3 Å². The van der Waals surface area contributed by atoms with Gasteiger partial charge in [0.15, 0.2) is 11.3 Å². The molecule has 3 heterocycles. The van der Waals surface area contributed by atoms with Crippen LogP contribution >= 0.6 is 11.6 Å². The zero-order chi connectivity index (χ0) is 30.0. The van der Waals surface area contributed by atoms with Crippen molar-refractivity contribution in [3.63, 3.8) is 0 Å². The smallest absolute Gasteiger partial charge is 0.332 e. The average Bonchev–Trinajstić information content (AvgIpc) is 3.35. The SMILES string of the molecule is CC(=O)N1CCCN(Cc2ccccc2)CCN(C(=O)c2cc3nc(C)cc(C(F)(F)F)n3n2)Cc2cc(Cl)ccc21. The molecule has 0 aliphatic carbocycles. The molecule has 0 bridgehead atoms. The summed E-state index contributed by atoms with van der Waals surface area (Å²) in [6.07, 6.45) is -3.99. The maximum absolute atomic E-state index is 13.9. The summed E-state index contributed by atoms with van der Waals surface area (Å²) < 4.78 is 42.0. The Kier molecular flexibility index (Phi) is 8.51. The molecule has 0 atom stereocenters. The lowest BCUT2D eigenvalue weighted by atomic mass is 10.1. The van der Waals surface area contributed by atoms with Gasteiger partial charge in [-0.3, -0.25) is 14.5 Å². The molecule has 12 heteroatoms. The number of carbonyl (C=O) groups is 2. The van der Waals surface area contributed by atoms with Crippen molar-refractivity contribution >= 4 is 34.7 Å². The van der Waals surface area contributed by atoms with E-state index in [1.54, 1.807) is 28.0 Å². The summed E-state index contributed by atoms with van der Waals surface area (Å²) in [4.78, 5) is 36.3. The number of fused-ring (bicyclic) bond motifs is 2. The third-order valence-corrected chi connectivity index (χ3v) is 7.45. The summed E-state index contributed by atoms with van der Waals surface area (Å²) in [5.41, 5.74) is 1.31. The Hall–Kier alpha value is -3.96. The minimum Gasteiger partial charge on any atom is -0.332 e. The third kappa shape index (κ3) is 6.57. The van der Waals surface area contributed by atoms with Crippen molar-refractivity contribution in [2.45, 2.75) is 39.5 Å². The second kappa shape index (κ2) is 12.1. The quantitative estimate of drug-likeness (QED) is 0.306. The standard InChI is InChI=1S/C30H30ClF3N6O2/c1-20-15-27(30(32,33)34)40-28(35-20)17-25(36-40)29(42)38-14-13-37(18-22-7-4-3-5-8-22)11-6-12-39(21(2)41)26-10-9-24(31)16-23(26)19-38/h3-5,7-10,15-17H,6,11-14,18-19H2,1-2H3. The molecule has 2 amide bonds. The molecule has 220 valence electrons. The number of halogens is 4. The van der Waals surface area contributed by atoms with E-state index in [-0.39, 0.29) is 36.0 Å². The minimum atomic E-state index is -4.68. The number of nitrogens with zero attached hydrogens (tertiary/aromatic N) is 6. The first kappa shape index (κ1) is 29.5. The molecule has 1 aliphatic heterocycles. The van der Waals surface area contributed by atoms with Crippen LogP contribution in [0.25, 0.3) is 5.65 Å². The van der Waals surface area contributed by atoms with Crippen LogP contribution in [0.15, 0.2) is 60.7 Å². The van der Waals surface area contributed by atoms with Gasteiger partial charge in [0.1, 0.15) is 5.69 Å². The number of alkyl halides is 3. The Labute approximate surface area is 246 Å². The van der Waals surface area contributed by atoms with Crippen LogP contribution in [0.2, 0.25) is 5.02 Å². The van der Waals surface area contributed by atoms with E-state index in [0.29, 0.717) is 53.4 Å². The lowest BCUT2D eigenvalue weighted by molar-refractivity contribution is -0.142. The van der Waals surface area contributed by atoms with E-state index in [4.69, 9.17) is 11.6 Å². The van der Waals surface area contributed by atoms with Crippen molar-refractivity contribution in [1.29, 1.82) is 0 Å². The lowest BCUT2D eigenvalue weighted by Gasteiger charge is -2.27. The molecule has 2 aromatic heterocycles. The number of hydrogen-bond acceptors (Lipinski definition) is 5. The molecule has 2 aromatic carbocycles. The van der Waals surface area contributed by atoms with E-state index in [2.05, 4.69) is 15.0 Å². The molecule has 4 aromatic rings. The van der Waals surface area contributed by atoms with Gasteiger partial charge in [-0.2, -0.15) is 18.3 Å². The topological polar surface area (TPSA) is 74.1 Å². The molecule has 5 rings (SSSR count). The molecule has 0 N–H and O–H groups in total. The second-order valence-electron chi connectivity index (χ2n) is 10.4. The normalized spacial score (nSPS) is 15.4. The highest BCUT2D eigenvalue weighted by atomic mass is 35.5. The monoisotopic (exact) mass is 598 g/mol. The highest BCUT2D eigenvalue weighted by Gasteiger charge is 2.35. The van der Waals surface area contributed by atoms with Gasteiger partial charge in [0.2, 0.25) is 5.91 Å². The molecular formula is C30H30ClF3N6O2. The van der Waals surface area contributed by atoms with Gasteiger partial charge in [-0.05, 0) is 48.7 Å². The Morgan fingerprint density at radius 3 is 2.45 bits per heavy atom. The van der Waals surface area contributed by atoms with Crippen LogP contribution in [0.4, 0.5) is 18.9 Å². The van der Waals surface area contributed by atoms with Crippen molar-refractivity contribution in [1.82, 2.24) is 24.4 Å². The molecule has 0 saturated carbocycles. The van der Waals surface area contributed by atoms with Gasteiger partial charge in [-0.15, -0.1) is 0 Å². The van der Waals surface area contributed by atoms with Crippen LogP contribution in [-0.4, -0.2) is 62.4 Å². The number of aryl methyl sites for hydroxylation is 1. The van der Waals surface area contributed by atoms with E-state index >= 15 is 0 Å². The number of anilines is 1. The van der Waals surface area contributed by atoms with Gasteiger partial charge < -0.3 is 9.80 Å². The molecule has 0 fully saturated rings. The molecule has 8 nitrogen and oxygen atoms in total. The first-order valence-electron chi connectivity index (χ1n) is 13.6. The van der Waals surface area contributed by atoms with E-state index in [9.17, 15) is 22.8 Å². The maximum atomic E-state index is 13.9. The highest BCUT2D eigenvalue weighted by Crippen LogP contribution is 2.31. The molecular weight excluding hydrogens is 569 g/mol. The van der Waals surface area contributed by atoms with Crippen molar-refractivity contribution in [2.75, 3.05) is 31.1 Å². The summed E-state index contributed by atoms with van der Waals surface area (Å²) in [7, 11) is 0. The van der Waals surface area contributed by atoms with E-state index in [1.165, 1.54) is 19.9 Å². The first-order valence-corrected chi connectivity index (χ1v) is 13.9. The molecule has 42 heavy (non-hydrogen) atoms. The van der Waals surface area contributed by atoms with E-state index in [1.807, 2.05) is 30.3 Å². The maximum Gasteiger partial charge on any atom is 0.433 e. The Bertz CT molecular complexity index is 1610. The molecule has 0 unspecified atom stereocenters. The van der Waals surface area contributed by atoms with Crippen LogP contribution in [0.5, 0.6) is 0 Å². The van der Waals surface area contributed by atoms with Gasteiger partial charge in [-0.25, -0.2) is 9.50 Å². The Balaban J connectivity index is 1.54. The van der Waals surface area contributed by atoms with Crippen molar-refractivity contribution < 1.29 is 22.8 Å². The fraction of sp³-hybridized carbons (Fsp3) is 0.333. The van der Waals surface area contributed by atoms with E-state index < -0.39 is 17.8 Å². The number of carbonyl (C=O) groups excluding carboxylic acids is 2. The molecule has 0 spiro atoms. The van der Waals surface area contributed by atoms with Gasteiger partial charge in [0, 0.05) is 68.7 Å². The Morgan fingerprint density at radius 2 is 1.74 bits per heavy atom. The zero-order valence-corrected chi connectivity index (χ0v) is 24.0. The average molecular weight is 599 g/mol. The number of rotatable bonds is 3. The first-order chi connectivity index (χ1) is 20.0. The van der Waals surface area contributed by atoms with Crippen LogP contribution in [0.3, 0.4) is 0 Å². The number of aromatic nitrogens is 3. The third-order valence-electron chi connectivity index (χ3n) is 7.22. The van der Waals surface area contributed by atoms with Crippen LogP contribution in [0, 0.1) is 6.92 Å². The fourth-order valence-corrected chi connectivity index (χ4v) is 5.44. The lowest BCUT2D eigenvalue weighted by Crippen LogP contribution is -2.38. The van der Waals surface area contributed by atoms with Gasteiger partial charge in [0.05, 0.1) is 0 Å². The van der Waals surface area contributed by atoms with Crippen LogP contribution < -0.4 is 4.90 Å². The van der Waals surface area contributed by atoms with Crippen LogP contribution in [-0.2, 0) is 24.1 Å². The molecule has 1 aliphatic rings. The summed E-state index contributed by atoms with van der Waals surface area (Å²) in [5.74, 6) is -0.697. The zero-order valence-electron chi connectivity index (χ0n) is 23.2. The van der Waals surface area contributed by atoms with Crippen molar-refractivity contribution in [2.24, 2.45) is 0 Å². The highest BCUT2D eigenvalue weighted by molar-refractivity contribution is 6.30. The number of amides is 2. The molecule has 0 radical (unpaired) electrons. The van der Waals surface area contributed by atoms with Crippen molar-refractivity contribution in [3.8, 4) is 0 Å². The largest absolute Gasteiger partial charge is 0.433 e. The van der Waals surface area contributed by atoms with Gasteiger partial charge in [-0.1, -0.05) is 41.9 Å². The summed E-state index contributed by atoms with van der Waals surface area (Å²) in [6.45, 7) is 5.56. The van der Waals surface area contributed by atoms with Gasteiger partial charge in [0.25, 0.3) is 5.91 Å². The minimum absolute atomic E-state index is 0.0690. The predicted molar refractivity (Wildman–Crippen MR) is 153 cm³/mol. The fourth-order valence-electron chi connectivity index (χ4n) is 5.24. The predicted octanol–water partition coefficient (Wildman–Crippen LogP) is 5.61. The van der Waals surface area contributed by atoms with Gasteiger partial charge >= 0.3 is 6.18 Å². The summed E-state index contributed by atoms with van der Waals surface area (Å²) in [5, 5.41) is 4.49. The van der Waals surface area contributed by atoms with E-state index in [0.717, 1.165) is 11.6 Å². The summed E-state index contributed by atoms with van der Waals surface area (Å²) in [6, 6.07) is 17.3. The summed E-state index contributed by atoms with van der Waals surface area (Å²) >= 11 is 6.34. The molecule has 0 saturated heterocycles. The van der Waals surface area contributed by atoms with Crippen molar-refractivity contribution in [3.05, 3.63) is 93.9 Å². The number of benzene rings is 2.